The quantitative estimate of drug-likeness (QED) is 0.487. The Morgan fingerprint density at radius 3 is 3.09 bits per heavy atom. The van der Waals surface area contributed by atoms with Crippen LogP contribution in [0.3, 0.4) is 0 Å². The highest BCUT2D eigenvalue weighted by atomic mass is 31.2. The average Bonchev–Trinajstić information content (AvgIpc) is 2.28. The highest BCUT2D eigenvalue weighted by Crippen LogP contribution is 2.54. The standard InChI is InChI=1S/C6H11O4P/c1-3-4-8-11(7)9-5-6(2)10-11/h3,6H,1,4-5H2,2H3. The molecular weight excluding hydrogens is 167 g/mol. The second kappa shape index (κ2) is 3.50. The van der Waals surface area contributed by atoms with Crippen LogP contribution in [0.5, 0.6) is 0 Å². The minimum Gasteiger partial charge on any atom is -0.284 e. The fourth-order valence-corrected chi connectivity index (χ4v) is 2.07. The molecule has 0 saturated carbocycles. The summed E-state index contributed by atoms with van der Waals surface area (Å²) < 4.78 is 25.8. The van der Waals surface area contributed by atoms with Crippen LogP contribution in [-0.2, 0) is 18.1 Å². The van der Waals surface area contributed by atoms with Gasteiger partial charge in [0.2, 0.25) is 0 Å². The predicted octanol–water partition coefficient (Wildman–Crippen LogP) is 1.73. The zero-order valence-corrected chi connectivity index (χ0v) is 7.25. The first-order valence-electron chi connectivity index (χ1n) is 3.35. The lowest BCUT2D eigenvalue weighted by Crippen LogP contribution is -2.00. The van der Waals surface area contributed by atoms with E-state index in [-0.39, 0.29) is 12.7 Å². The highest BCUT2D eigenvalue weighted by Gasteiger charge is 2.35. The summed E-state index contributed by atoms with van der Waals surface area (Å²) in [6.45, 7) is 5.70. The molecule has 2 atom stereocenters. The monoisotopic (exact) mass is 178 g/mol. The molecule has 1 rings (SSSR count). The largest absolute Gasteiger partial charge is 0.475 e. The molecule has 0 aromatic rings. The van der Waals surface area contributed by atoms with Crippen molar-refractivity contribution >= 4 is 7.82 Å². The van der Waals surface area contributed by atoms with Gasteiger partial charge in [-0.3, -0.25) is 13.6 Å². The molecule has 2 unspecified atom stereocenters. The molecule has 0 aromatic carbocycles. The molecule has 1 saturated heterocycles. The normalized spacial score (nSPS) is 37.4. The molecule has 0 aromatic heterocycles. The maximum absolute atomic E-state index is 11.3. The van der Waals surface area contributed by atoms with E-state index in [1.165, 1.54) is 6.08 Å². The molecule has 0 spiro atoms. The Morgan fingerprint density at radius 2 is 2.64 bits per heavy atom. The van der Waals surface area contributed by atoms with Gasteiger partial charge in [0.25, 0.3) is 0 Å². The van der Waals surface area contributed by atoms with E-state index in [1.54, 1.807) is 6.92 Å². The Bertz CT molecular complexity index is 191. The lowest BCUT2D eigenvalue weighted by molar-refractivity contribution is 0.192. The number of hydrogen-bond acceptors (Lipinski definition) is 4. The van der Waals surface area contributed by atoms with Gasteiger partial charge in [-0.25, -0.2) is 4.57 Å². The summed E-state index contributed by atoms with van der Waals surface area (Å²) in [4.78, 5) is 0. The van der Waals surface area contributed by atoms with E-state index in [1.807, 2.05) is 0 Å². The first-order valence-corrected chi connectivity index (χ1v) is 4.81. The highest BCUT2D eigenvalue weighted by molar-refractivity contribution is 7.48. The fraction of sp³-hybridized carbons (Fsp3) is 0.667. The molecule has 4 nitrogen and oxygen atoms in total. The topological polar surface area (TPSA) is 44.8 Å². The van der Waals surface area contributed by atoms with Crippen molar-refractivity contribution in [3.05, 3.63) is 12.7 Å². The Hall–Kier alpha value is -0.150. The van der Waals surface area contributed by atoms with Gasteiger partial charge in [0.1, 0.15) is 0 Å². The van der Waals surface area contributed by atoms with Crippen LogP contribution in [0.1, 0.15) is 6.92 Å². The smallest absolute Gasteiger partial charge is 0.284 e. The molecule has 64 valence electrons. The number of phosphoric ester groups is 1. The minimum absolute atomic E-state index is 0.148. The first-order chi connectivity index (χ1) is 5.16. The SMILES string of the molecule is C=CCOP1(=O)OCC(C)O1. The van der Waals surface area contributed by atoms with Gasteiger partial charge in [-0.1, -0.05) is 6.08 Å². The van der Waals surface area contributed by atoms with E-state index in [9.17, 15) is 4.57 Å². The predicted molar refractivity (Wildman–Crippen MR) is 40.3 cm³/mol. The Labute approximate surface area is 65.8 Å². The Kier molecular flexibility index (Phi) is 2.84. The third-order valence-corrected chi connectivity index (χ3v) is 2.68. The molecule has 1 fully saturated rings. The molecule has 0 amide bonds. The first kappa shape index (κ1) is 8.94. The zero-order valence-electron chi connectivity index (χ0n) is 6.36. The average molecular weight is 178 g/mol. The molecular formula is C6H11O4P. The van der Waals surface area contributed by atoms with Crippen molar-refractivity contribution in [2.24, 2.45) is 0 Å². The van der Waals surface area contributed by atoms with Crippen molar-refractivity contribution in [3.63, 3.8) is 0 Å². The van der Waals surface area contributed by atoms with E-state index in [4.69, 9.17) is 13.6 Å². The summed E-state index contributed by atoms with van der Waals surface area (Å²) >= 11 is 0. The van der Waals surface area contributed by atoms with Gasteiger partial charge in [-0.2, -0.15) is 0 Å². The lowest BCUT2D eigenvalue weighted by atomic mass is 10.5. The Balaban J connectivity index is 2.42. The molecule has 0 N–H and O–H groups in total. The summed E-state index contributed by atoms with van der Waals surface area (Å²) in [6, 6.07) is 0. The van der Waals surface area contributed by atoms with Crippen molar-refractivity contribution in [1.29, 1.82) is 0 Å². The van der Waals surface area contributed by atoms with Gasteiger partial charge in [0.15, 0.2) is 0 Å². The molecule has 0 bridgehead atoms. The van der Waals surface area contributed by atoms with Gasteiger partial charge in [-0.15, -0.1) is 6.58 Å². The summed E-state index contributed by atoms with van der Waals surface area (Å²) in [5, 5.41) is 0. The van der Waals surface area contributed by atoms with Crippen LogP contribution >= 0.6 is 7.82 Å². The summed E-state index contributed by atoms with van der Waals surface area (Å²) in [5.74, 6) is 0. The number of phosphoric acid groups is 1. The van der Waals surface area contributed by atoms with Gasteiger partial charge >= 0.3 is 7.82 Å². The van der Waals surface area contributed by atoms with E-state index >= 15 is 0 Å². The van der Waals surface area contributed by atoms with Gasteiger partial charge in [-0.05, 0) is 6.92 Å². The molecule has 11 heavy (non-hydrogen) atoms. The van der Waals surface area contributed by atoms with Crippen LogP contribution < -0.4 is 0 Å². The third kappa shape index (κ3) is 2.42. The van der Waals surface area contributed by atoms with E-state index < -0.39 is 7.82 Å². The fourth-order valence-electron chi connectivity index (χ4n) is 0.689. The van der Waals surface area contributed by atoms with Crippen molar-refractivity contribution in [2.75, 3.05) is 13.2 Å². The van der Waals surface area contributed by atoms with Gasteiger partial charge < -0.3 is 0 Å². The van der Waals surface area contributed by atoms with E-state index in [2.05, 4.69) is 6.58 Å². The summed E-state index contributed by atoms with van der Waals surface area (Å²) in [7, 11) is -3.21. The minimum atomic E-state index is -3.21. The summed E-state index contributed by atoms with van der Waals surface area (Å²) in [5.41, 5.74) is 0. The maximum Gasteiger partial charge on any atom is 0.475 e. The van der Waals surface area contributed by atoms with Crippen LogP contribution in [0.4, 0.5) is 0 Å². The Morgan fingerprint density at radius 1 is 1.91 bits per heavy atom. The number of hydrogen-bond donors (Lipinski definition) is 0. The van der Waals surface area contributed by atoms with Crippen LogP contribution in [0, 0.1) is 0 Å². The molecule has 0 radical (unpaired) electrons. The molecule has 1 aliphatic heterocycles. The van der Waals surface area contributed by atoms with Crippen molar-refractivity contribution < 1.29 is 18.1 Å². The van der Waals surface area contributed by atoms with Gasteiger partial charge in [0.05, 0.1) is 19.3 Å². The van der Waals surface area contributed by atoms with E-state index in [0.29, 0.717) is 6.61 Å². The van der Waals surface area contributed by atoms with Crippen LogP contribution in [-0.4, -0.2) is 19.3 Å². The van der Waals surface area contributed by atoms with Crippen LogP contribution in [0.15, 0.2) is 12.7 Å². The lowest BCUT2D eigenvalue weighted by Gasteiger charge is -2.07. The molecule has 1 heterocycles. The second-order valence-corrected chi connectivity index (χ2v) is 3.87. The molecule has 5 heteroatoms. The number of rotatable bonds is 3. The van der Waals surface area contributed by atoms with E-state index in [0.717, 1.165) is 0 Å². The maximum atomic E-state index is 11.3. The van der Waals surface area contributed by atoms with Crippen molar-refractivity contribution in [2.45, 2.75) is 13.0 Å². The molecule has 0 aliphatic carbocycles. The summed E-state index contributed by atoms with van der Waals surface area (Å²) in [6.07, 6.45) is 1.35. The van der Waals surface area contributed by atoms with Gasteiger partial charge in [0, 0.05) is 0 Å². The van der Waals surface area contributed by atoms with Crippen LogP contribution in [0.2, 0.25) is 0 Å². The van der Waals surface area contributed by atoms with Crippen molar-refractivity contribution in [3.8, 4) is 0 Å². The zero-order chi connectivity index (χ0) is 8.32. The molecule has 1 aliphatic rings. The second-order valence-electron chi connectivity index (χ2n) is 2.24. The third-order valence-electron chi connectivity index (χ3n) is 1.13. The van der Waals surface area contributed by atoms with Crippen molar-refractivity contribution in [1.82, 2.24) is 0 Å². The van der Waals surface area contributed by atoms with Crippen LogP contribution in [0.25, 0.3) is 0 Å².